The summed E-state index contributed by atoms with van der Waals surface area (Å²) in [6.07, 6.45) is 1.47. The molecule has 2 aromatic rings. The van der Waals surface area contributed by atoms with E-state index < -0.39 is 0 Å². The summed E-state index contributed by atoms with van der Waals surface area (Å²) in [6.45, 7) is 0.807. The molecule has 24 heavy (non-hydrogen) atoms. The van der Waals surface area contributed by atoms with Crippen LogP contribution in [0.25, 0.3) is 0 Å². The molecule has 0 radical (unpaired) electrons. The van der Waals surface area contributed by atoms with E-state index in [9.17, 15) is 9.59 Å². The van der Waals surface area contributed by atoms with Crippen molar-refractivity contribution in [2.24, 2.45) is 0 Å². The number of nitrogens with zero attached hydrogens (tertiary/aromatic N) is 3. The third kappa shape index (κ3) is 3.78. The van der Waals surface area contributed by atoms with E-state index in [4.69, 9.17) is 10.00 Å². The van der Waals surface area contributed by atoms with E-state index in [-0.39, 0.29) is 24.9 Å². The number of hydrogen-bond donors (Lipinski definition) is 0. The molecule has 1 aromatic heterocycles. The fourth-order valence-corrected chi connectivity index (χ4v) is 3.31. The average Bonchev–Trinajstić information content (AvgIpc) is 3.22. The van der Waals surface area contributed by atoms with Crippen molar-refractivity contribution < 1.29 is 14.3 Å². The highest BCUT2D eigenvalue weighted by Gasteiger charge is 2.24. The van der Waals surface area contributed by atoms with Crippen molar-refractivity contribution in [3.05, 3.63) is 46.5 Å². The molecule has 1 saturated heterocycles. The summed E-state index contributed by atoms with van der Waals surface area (Å²) in [4.78, 5) is 29.6. The molecule has 0 saturated carbocycles. The maximum atomic E-state index is 11.9. The van der Waals surface area contributed by atoms with Gasteiger partial charge < -0.3 is 4.74 Å². The number of nitriles is 1. The molecule has 0 aliphatic carbocycles. The largest absolute Gasteiger partial charge is 0.461 e. The maximum Gasteiger partial charge on any atom is 0.312 e. The van der Waals surface area contributed by atoms with Crippen molar-refractivity contribution in [3.63, 3.8) is 0 Å². The van der Waals surface area contributed by atoms with Crippen LogP contribution in [0.2, 0.25) is 0 Å². The second kappa shape index (κ2) is 7.23. The Kier molecular flexibility index (Phi) is 4.87. The van der Waals surface area contributed by atoms with Crippen LogP contribution in [0.5, 0.6) is 0 Å². The van der Waals surface area contributed by atoms with E-state index >= 15 is 0 Å². The molecule has 1 aromatic carbocycles. The van der Waals surface area contributed by atoms with Gasteiger partial charge in [-0.2, -0.15) is 5.26 Å². The molecular formula is C17H15N3O3S. The first-order valence-corrected chi connectivity index (χ1v) is 8.43. The van der Waals surface area contributed by atoms with Crippen molar-refractivity contribution >= 4 is 28.3 Å². The summed E-state index contributed by atoms with van der Waals surface area (Å²) < 4.78 is 5.22. The lowest BCUT2D eigenvalue weighted by Gasteiger charge is -2.10. The van der Waals surface area contributed by atoms with Crippen LogP contribution in [0.15, 0.2) is 29.6 Å². The molecule has 1 amide bonds. The number of ether oxygens (including phenoxy) is 1. The molecular weight excluding hydrogens is 326 g/mol. The third-order valence-electron chi connectivity index (χ3n) is 3.63. The Morgan fingerprint density at radius 3 is 3.08 bits per heavy atom. The second-order valence-electron chi connectivity index (χ2n) is 5.42. The summed E-state index contributed by atoms with van der Waals surface area (Å²) in [5, 5.41) is 11.3. The topological polar surface area (TPSA) is 83.3 Å². The zero-order chi connectivity index (χ0) is 16.9. The van der Waals surface area contributed by atoms with Crippen LogP contribution in [0, 0.1) is 11.3 Å². The molecule has 6 nitrogen and oxygen atoms in total. The van der Waals surface area contributed by atoms with Crippen molar-refractivity contribution in [3.8, 4) is 6.07 Å². The highest BCUT2D eigenvalue weighted by atomic mass is 32.1. The summed E-state index contributed by atoms with van der Waals surface area (Å²) in [5.41, 5.74) is 1.90. The van der Waals surface area contributed by atoms with Crippen LogP contribution in [0.4, 0.5) is 5.13 Å². The lowest BCUT2D eigenvalue weighted by atomic mass is 10.1. The minimum Gasteiger partial charge on any atom is -0.461 e. The molecule has 0 unspecified atom stereocenters. The zero-order valence-electron chi connectivity index (χ0n) is 12.9. The van der Waals surface area contributed by atoms with Gasteiger partial charge in [-0.15, -0.1) is 11.3 Å². The van der Waals surface area contributed by atoms with Gasteiger partial charge in [-0.3, -0.25) is 14.5 Å². The van der Waals surface area contributed by atoms with Crippen molar-refractivity contribution in [2.75, 3.05) is 11.4 Å². The Morgan fingerprint density at radius 2 is 2.33 bits per heavy atom. The first kappa shape index (κ1) is 16.1. The van der Waals surface area contributed by atoms with E-state index in [0.29, 0.717) is 29.4 Å². The highest BCUT2D eigenvalue weighted by molar-refractivity contribution is 7.14. The molecule has 3 rings (SSSR count). The fourth-order valence-electron chi connectivity index (χ4n) is 2.45. The molecule has 0 bridgehead atoms. The van der Waals surface area contributed by atoms with Gasteiger partial charge in [-0.25, -0.2) is 4.98 Å². The van der Waals surface area contributed by atoms with Crippen LogP contribution in [-0.2, 0) is 27.4 Å². The summed E-state index contributed by atoms with van der Waals surface area (Å²) >= 11 is 1.36. The van der Waals surface area contributed by atoms with E-state index in [2.05, 4.69) is 4.98 Å². The standard InChI is InChI=1S/C17H15N3O3S/c18-9-12-3-1-4-13(7-12)10-23-16(22)8-14-11-24-17(19-14)20-6-2-5-15(20)21/h1,3-4,7,11H,2,5-6,8,10H2. The minimum atomic E-state index is -0.387. The van der Waals surface area contributed by atoms with Gasteiger partial charge in [-0.05, 0) is 24.1 Å². The number of anilines is 1. The normalized spacial score (nSPS) is 13.8. The minimum absolute atomic E-state index is 0.0659. The monoisotopic (exact) mass is 341 g/mol. The van der Waals surface area contributed by atoms with E-state index in [1.807, 2.05) is 6.07 Å². The quantitative estimate of drug-likeness (QED) is 0.780. The molecule has 0 N–H and O–H groups in total. The number of benzene rings is 1. The number of carbonyl (C=O) groups is 2. The van der Waals surface area contributed by atoms with Gasteiger partial charge in [0.25, 0.3) is 0 Å². The van der Waals surface area contributed by atoms with Crippen molar-refractivity contribution in [1.82, 2.24) is 4.98 Å². The molecule has 0 atom stereocenters. The number of carbonyl (C=O) groups excluding carboxylic acids is 2. The first-order chi connectivity index (χ1) is 11.7. The van der Waals surface area contributed by atoms with Crippen LogP contribution in [-0.4, -0.2) is 23.4 Å². The molecule has 2 heterocycles. The molecule has 1 fully saturated rings. The van der Waals surface area contributed by atoms with E-state index in [0.717, 1.165) is 12.0 Å². The highest BCUT2D eigenvalue weighted by Crippen LogP contribution is 2.25. The zero-order valence-corrected chi connectivity index (χ0v) is 13.7. The predicted molar refractivity (Wildman–Crippen MR) is 88.4 cm³/mol. The van der Waals surface area contributed by atoms with Crippen LogP contribution in [0.1, 0.15) is 29.7 Å². The number of thiazole rings is 1. The smallest absolute Gasteiger partial charge is 0.312 e. The second-order valence-corrected chi connectivity index (χ2v) is 6.26. The SMILES string of the molecule is N#Cc1cccc(COC(=O)Cc2csc(N3CCCC3=O)n2)c1. The Bertz CT molecular complexity index is 809. The summed E-state index contributed by atoms with van der Waals surface area (Å²) in [5.74, 6) is -0.308. The van der Waals surface area contributed by atoms with Gasteiger partial charge in [0.05, 0.1) is 23.7 Å². The van der Waals surface area contributed by atoms with Gasteiger partial charge >= 0.3 is 5.97 Å². The Labute approximate surface area is 143 Å². The maximum absolute atomic E-state index is 11.9. The van der Waals surface area contributed by atoms with Crippen molar-refractivity contribution in [2.45, 2.75) is 25.9 Å². The fraction of sp³-hybridized carbons (Fsp3) is 0.294. The van der Waals surface area contributed by atoms with E-state index in [1.54, 1.807) is 34.5 Å². The molecule has 1 aliphatic heterocycles. The molecule has 122 valence electrons. The van der Waals surface area contributed by atoms with E-state index in [1.165, 1.54) is 11.3 Å². The van der Waals surface area contributed by atoms with Crippen LogP contribution < -0.4 is 4.90 Å². The summed E-state index contributed by atoms with van der Waals surface area (Å²) in [7, 11) is 0. The Morgan fingerprint density at radius 1 is 1.46 bits per heavy atom. The molecule has 0 spiro atoms. The van der Waals surface area contributed by atoms with Gasteiger partial charge in [0.2, 0.25) is 5.91 Å². The van der Waals surface area contributed by atoms with Gasteiger partial charge in [-0.1, -0.05) is 12.1 Å². The molecule has 1 aliphatic rings. The lowest BCUT2D eigenvalue weighted by Crippen LogP contribution is -2.23. The number of amides is 1. The number of aromatic nitrogens is 1. The number of hydrogen-bond acceptors (Lipinski definition) is 6. The first-order valence-electron chi connectivity index (χ1n) is 7.55. The van der Waals surface area contributed by atoms with Gasteiger partial charge in [0.15, 0.2) is 5.13 Å². The van der Waals surface area contributed by atoms with Crippen LogP contribution in [0.3, 0.4) is 0 Å². The number of esters is 1. The van der Waals surface area contributed by atoms with Gasteiger partial charge in [0.1, 0.15) is 6.61 Å². The van der Waals surface area contributed by atoms with Gasteiger partial charge in [0, 0.05) is 18.3 Å². The Balaban J connectivity index is 1.54. The third-order valence-corrected chi connectivity index (χ3v) is 4.54. The Hall–Kier alpha value is -2.72. The molecule has 7 heteroatoms. The average molecular weight is 341 g/mol. The number of rotatable bonds is 5. The summed E-state index contributed by atoms with van der Waals surface area (Å²) in [6, 6.07) is 8.98. The van der Waals surface area contributed by atoms with Crippen molar-refractivity contribution in [1.29, 1.82) is 5.26 Å². The predicted octanol–water partition coefficient (Wildman–Crippen LogP) is 2.43. The lowest BCUT2D eigenvalue weighted by molar-refractivity contribution is -0.144. The van der Waals surface area contributed by atoms with Crippen LogP contribution >= 0.6 is 11.3 Å².